The van der Waals surface area contributed by atoms with E-state index in [9.17, 15) is 0 Å². The van der Waals surface area contributed by atoms with Crippen molar-refractivity contribution in [3.05, 3.63) is 40.0 Å². The molecule has 0 aliphatic carbocycles. The molecule has 1 aliphatic rings. The lowest BCUT2D eigenvalue weighted by Crippen LogP contribution is -2.03. The summed E-state index contributed by atoms with van der Waals surface area (Å²) >= 11 is 5.44. The zero-order chi connectivity index (χ0) is 12.5. The second-order valence-corrected chi connectivity index (χ2v) is 5.88. The van der Waals surface area contributed by atoms with Crippen LogP contribution in [-0.2, 0) is 11.5 Å². The smallest absolute Gasteiger partial charge is 0.162 e. The van der Waals surface area contributed by atoms with Crippen LogP contribution in [0.3, 0.4) is 0 Å². The molecule has 1 aromatic carbocycles. The molecule has 2 heterocycles. The topological polar surface area (TPSA) is 37.8 Å². The fourth-order valence-corrected chi connectivity index (χ4v) is 3.52. The zero-order valence-corrected chi connectivity index (χ0v) is 12.3. The molecule has 3 rings (SSSR count). The highest BCUT2D eigenvalue weighted by Gasteiger charge is 2.20. The van der Waals surface area contributed by atoms with Crippen molar-refractivity contribution >= 4 is 33.5 Å². The molecule has 0 bridgehead atoms. The summed E-state index contributed by atoms with van der Waals surface area (Å²) in [6, 6.07) is 8.05. The van der Waals surface area contributed by atoms with Gasteiger partial charge in [0, 0.05) is 34.2 Å². The van der Waals surface area contributed by atoms with Gasteiger partial charge in [0.05, 0.1) is 5.69 Å². The molecule has 3 nitrogen and oxygen atoms in total. The van der Waals surface area contributed by atoms with E-state index in [1.807, 2.05) is 43.1 Å². The molecule has 18 heavy (non-hydrogen) atoms. The maximum atomic E-state index is 4.69. The van der Waals surface area contributed by atoms with Gasteiger partial charge in [0.25, 0.3) is 0 Å². The van der Waals surface area contributed by atoms with Crippen LogP contribution in [-0.4, -0.2) is 17.0 Å². The fourth-order valence-electron chi connectivity index (χ4n) is 2.02. The Morgan fingerprint density at radius 2 is 2.06 bits per heavy atom. The first-order valence-electron chi connectivity index (χ1n) is 5.70. The number of nitrogens with zero attached hydrogens (tertiary/aromatic N) is 2. The highest BCUT2D eigenvalue weighted by Crippen LogP contribution is 2.35. The number of nitrogens with one attached hydrogen (secondary N) is 1. The standard InChI is InChI=1S/C13H12BrN3S/c1-15-12-9-6-18-7-11(9)16-13(17-12)8-4-2-3-5-10(8)14/h2-5H,6-7H2,1H3,(H,15,16,17). The monoisotopic (exact) mass is 321 g/mol. The average molecular weight is 322 g/mol. The molecule has 1 aliphatic heterocycles. The number of hydrogen-bond donors (Lipinski definition) is 1. The summed E-state index contributed by atoms with van der Waals surface area (Å²) in [6.07, 6.45) is 0. The first-order valence-corrected chi connectivity index (χ1v) is 7.64. The van der Waals surface area contributed by atoms with E-state index in [2.05, 4.69) is 26.2 Å². The molecule has 0 radical (unpaired) electrons. The molecule has 0 fully saturated rings. The summed E-state index contributed by atoms with van der Waals surface area (Å²) in [5.74, 6) is 3.72. The molecule has 5 heteroatoms. The van der Waals surface area contributed by atoms with E-state index >= 15 is 0 Å². The zero-order valence-electron chi connectivity index (χ0n) is 9.90. The van der Waals surface area contributed by atoms with Crippen molar-refractivity contribution in [2.45, 2.75) is 11.5 Å². The second-order valence-electron chi connectivity index (χ2n) is 4.04. The molecule has 92 valence electrons. The van der Waals surface area contributed by atoms with E-state index in [-0.39, 0.29) is 0 Å². The van der Waals surface area contributed by atoms with Gasteiger partial charge in [-0.25, -0.2) is 9.97 Å². The maximum absolute atomic E-state index is 4.69. The normalized spacial score (nSPS) is 13.4. The van der Waals surface area contributed by atoms with Crippen LogP contribution in [0.1, 0.15) is 11.3 Å². The molecule has 0 unspecified atom stereocenters. The van der Waals surface area contributed by atoms with Crippen molar-refractivity contribution in [1.82, 2.24) is 9.97 Å². The van der Waals surface area contributed by atoms with E-state index in [1.54, 1.807) is 0 Å². The van der Waals surface area contributed by atoms with Crippen molar-refractivity contribution in [3.63, 3.8) is 0 Å². The first kappa shape index (κ1) is 12.0. The Labute approximate surface area is 119 Å². The van der Waals surface area contributed by atoms with Gasteiger partial charge in [-0.15, -0.1) is 0 Å². The summed E-state index contributed by atoms with van der Waals surface area (Å²) in [7, 11) is 1.91. The summed E-state index contributed by atoms with van der Waals surface area (Å²) in [5, 5.41) is 3.18. The highest BCUT2D eigenvalue weighted by atomic mass is 79.9. The summed E-state index contributed by atoms with van der Waals surface area (Å²) < 4.78 is 1.03. The largest absolute Gasteiger partial charge is 0.373 e. The van der Waals surface area contributed by atoms with Crippen LogP contribution < -0.4 is 5.32 Å². The third kappa shape index (κ3) is 2.01. The van der Waals surface area contributed by atoms with Gasteiger partial charge in [0.1, 0.15) is 5.82 Å². The Kier molecular flexibility index (Phi) is 3.26. The maximum Gasteiger partial charge on any atom is 0.162 e. The molecule has 0 amide bonds. The van der Waals surface area contributed by atoms with Gasteiger partial charge in [-0.3, -0.25) is 0 Å². The van der Waals surface area contributed by atoms with Crippen molar-refractivity contribution in [2.75, 3.05) is 12.4 Å². The number of fused-ring (bicyclic) bond motifs is 1. The lowest BCUT2D eigenvalue weighted by Gasteiger charge is -2.10. The number of benzene rings is 1. The molecule has 0 saturated carbocycles. The quantitative estimate of drug-likeness (QED) is 0.915. The number of rotatable bonds is 2. The Bertz CT molecular complexity index is 601. The predicted octanol–water partition coefficient (Wildman–Crippen LogP) is 3.69. The number of anilines is 1. The number of hydrogen-bond acceptors (Lipinski definition) is 4. The Hall–Kier alpha value is -1.07. The van der Waals surface area contributed by atoms with Crippen LogP contribution in [0.25, 0.3) is 11.4 Å². The summed E-state index contributed by atoms with van der Waals surface area (Å²) in [6.45, 7) is 0. The molecule has 0 saturated heterocycles. The molecular formula is C13H12BrN3S. The van der Waals surface area contributed by atoms with Gasteiger partial charge in [-0.2, -0.15) is 11.8 Å². The van der Waals surface area contributed by atoms with Crippen LogP contribution >= 0.6 is 27.7 Å². The van der Waals surface area contributed by atoms with Gasteiger partial charge in [-0.05, 0) is 6.07 Å². The third-order valence-electron chi connectivity index (χ3n) is 2.93. The number of aromatic nitrogens is 2. The molecule has 2 aromatic rings. The minimum Gasteiger partial charge on any atom is -0.373 e. The van der Waals surface area contributed by atoms with E-state index in [1.165, 1.54) is 5.56 Å². The molecule has 1 aromatic heterocycles. The predicted molar refractivity (Wildman–Crippen MR) is 79.7 cm³/mol. The molecular weight excluding hydrogens is 310 g/mol. The third-order valence-corrected chi connectivity index (χ3v) is 4.59. The lowest BCUT2D eigenvalue weighted by atomic mass is 10.2. The highest BCUT2D eigenvalue weighted by molar-refractivity contribution is 9.10. The van der Waals surface area contributed by atoms with E-state index in [4.69, 9.17) is 4.98 Å². The van der Waals surface area contributed by atoms with Gasteiger partial charge >= 0.3 is 0 Å². The van der Waals surface area contributed by atoms with Gasteiger partial charge < -0.3 is 5.32 Å². The number of halogens is 1. The van der Waals surface area contributed by atoms with E-state index < -0.39 is 0 Å². The van der Waals surface area contributed by atoms with Crippen molar-refractivity contribution < 1.29 is 0 Å². The van der Waals surface area contributed by atoms with Gasteiger partial charge in [-0.1, -0.05) is 34.1 Å². The molecule has 0 atom stereocenters. The van der Waals surface area contributed by atoms with Crippen LogP contribution in [0.15, 0.2) is 28.7 Å². The van der Waals surface area contributed by atoms with Gasteiger partial charge in [0.2, 0.25) is 0 Å². The Morgan fingerprint density at radius 3 is 2.83 bits per heavy atom. The summed E-state index contributed by atoms with van der Waals surface area (Å²) in [4.78, 5) is 9.32. The van der Waals surface area contributed by atoms with Crippen molar-refractivity contribution in [1.29, 1.82) is 0 Å². The molecule has 0 spiro atoms. The number of thioether (sulfide) groups is 1. The molecule has 1 N–H and O–H groups in total. The second kappa shape index (κ2) is 4.90. The van der Waals surface area contributed by atoms with Crippen LogP contribution in [0.5, 0.6) is 0 Å². The minimum absolute atomic E-state index is 0.785. The van der Waals surface area contributed by atoms with Crippen molar-refractivity contribution in [2.24, 2.45) is 0 Å². The average Bonchev–Trinajstić information content (AvgIpc) is 2.86. The SMILES string of the molecule is CNc1nc(-c2ccccc2Br)nc2c1CSC2. The lowest BCUT2D eigenvalue weighted by molar-refractivity contribution is 1.07. The van der Waals surface area contributed by atoms with Crippen molar-refractivity contribution in [3.8, 4) is 11.4 Å². The fraction of sp³-hybridized carbons (Fsp3) is 0.231. The minimum atomic E-state index is 0.785. The van der Waals surface area contributed by atoms with E-state index in [0.29, 0.717) is 0 Å². The first-order chi connectivity index (χ1) is 8.79. The van der Waals surface area contributed by atoms with Crippen LogP contribution in [0.4, 0.5) is 5.82 Å². The van der Waals surface area contributed by atoms with Gasteiger partial charge in [0.15, 0.2) is 5.82 Å². The van der Waals surface area contributed by atoms with Crippen LogP contribution in [0, 0.1) is 0 Å². The Morgan fingerprint density at radius 1 is 1.22 bits per heavy atom. The van der Waals surface area contributed by atoms with Crippen LogP contribution in [0.2, 0.25) is 0 Å². The Balaban J connectivity index is 2.17. The summed E-state index contributed by atoms with van der Waals surface area (Å²) in [5.41, 5.74) is 3.44. The van der Waals surface area contributed by atoms with E-state index in [0.717, 1.165) is 38.9 Å².